The molecule has 0 bridgehead atoms. The number of rotatable bonds is 9. The van der Waals surface area contributed by atoms with Gasteiger partial charge in [0.05, 0.1) is 11.5 Å². The van der Waals surface area contributed by atoms with Crippen molar-refractivity contribution in [2.45, 2.75) is 44.6 Å². The minimum absolute atomic E-state index is 0.00178. The molecule has 1 aromatic carbocycles. The standard InChI is InChI=1S/C18H23NO7S/c1-5-6-9-25-14-7-8-16(13-10-15(12(3)20)26-17(13)14)27(23,24)19(4)11(2)18(21)22/h7-8,10-11H,5-6,9H2,1-4H3,(H,21,22)/t11-/m0/s1. The van der Waals surface area contributed by atoms with Gasteiger partial charge in [-0.05, 0) is 31.5 Å². The zero-order chi connectivity index (χ0) is 20.4. The molecule has 0 unspecified atom stereocenters. The molecule has 0 aliphatic rings. The number of likely N-dealkylation sites (N-methyl/N-ethyl adjacent to an activating group) is 1. The first-order valence-corrected chi connectivity index (χ1v) is 9.96. The molecule has 0 amide bonds. The third-order valence-corrected chi connectivity index (χ3v) is 6.26. The van der Waals surface area contributed by atoms with Crippen LogP contribution in [-0.4, -0.2) is 49.3 Å². The van der Waals surface area contributed by atoms with Gasteiger partial charge in [0.25, 0.3) is 0 Å². The molecular formula is C18H23NO7S. The summed E-state index contributed by atoms with van der Waals surface area (Å²) < 4.78 is 37.8. The molecule has 0 spiro atoms. The van der Waals surface area contributed by atoms with Crippen molar-refractivity contribution in [3.8, 4) is 5.75 Å². The Labute approximate surface area is 157 Å². The highest BCUT2D eigenvalue weighted by Crippen LogP contribution is 2.35. The molecule has 1 atom stereocenters. The largest absolute Gasteiger partial charge is 0.490 e. The number of benzene rings is 1. The quantitative estimate of drug-likeness (QED) is 0.511. The van der Waals surface area contributed by atoms with Crippen LogP contribution >= 0.6 is 0 Å². The molecule has 0 aliphatic heterocycles. The van der Waals surface area contributed by atoms with E-state index in [0.717, 1.165) is 17.1 Å². The van der Waals surface area contributed by atoms with E-state index in [1.807, 2.05) is 6.92 Å². The SMILES string of the molecule is CCCCOc1ccc(S(=O)(=O)N(C)[C@@H](C)C(=O)O)c2cc(C(C)=O)oc12. The number of furan rings is 1. The summed E-state index contributed by atoms with van der Waals surface area (Å²) in [5.41, 5.74) is 0.147. The van der Waals surface area contributed by atoms with Crippen LogP contribution in [0.2, 0.25) is 0 Å². The minimum atomic E-state index is -4.14. The Morgan fingerprint density at radius 2 is 2.00 bits per heavy atom. The highest BCUT2D eigenvalue weighted by atomic mass is 32.2. The normalized spacial score (nSPS) is 13.1. The summed E-state index contributed by atoms with van der Waals surface area (Å²) in [5, 5.41) is 9.31. The maximum Gasteiger partial charge on any atom is 0.321 e. The maximum absolute atomic E-state index is 12.9. The lowest BCUT2D eigenvalue weighted by Crippen LogP contribution is -2.40. The number of ether oxygens (including phenoxy) is 1. The summed E-state index contributed by atoms with van der Waals surface area (Å²) in [6.45, 7) is 5.01. The Morgan fingerprint density at radius 3 is 2.56 bits per heavy atom. The van der Waals surface area contributed by atoms with Crippen molar-refractivity contribution >= 4 is 32.7 Å². The van der Waals surface area contributed by atoms with Gasteiger partial charge < -0.3 is 14.3 Å². The molecule has 1 N–H and O–H groups in total. The van der Waals surface area contributed by atoms with Crippen LogP contribution in [0, 0.1) is 0 Å². The first-order chi connectivity index (χ1) is 12.6. The van der Waals surface area contributed by atoms with E-state index in [9.17, 15) is 18.0 Å². The molecule has 2 rings (SSSR count). The zero-order valence-electron chi connectivity index (χ0n) is 15.7. The van der Waals surface area contributed by atoms with Crippen molar-refractivity contribution < 1.29 is 32.3 Å². The summed E-state index contributed by atoms with van der Waals surface area (Å²) in [6, 6.07) is 2.88. The number of hydrogen-bond acceptors (Lipinski definition) is 6. The van der Waals surface area contributed by atoms with Crippen molar-refractivity contribution in [3.05, 3.63) is 24.0 Å². The lowest BCUT2D eigenvalue weighted by atomic mass is 10.2. The number of hydrogen-bond donors (Lipinski definition) is 1. The highest BCUT2D eigenvalue weighted by molar-refractivity contribution is 7.89. The Balaban J connectivity index is 2.62. The number of carbonyl (C=O) groups is 2. The van der Waals surface area contributed by atoms with Gasteiger partial charge >= 0.3 is 5.97 Å². The van der Waals surface area contributed by atoms with Crippen LogP contribution in [0.4, 0.5) is 0 Å². The Bertz CT molecular complexity index is 961. The zero-order valence-corrected chi connectivity index (χ0v) is 16.5. The summed E-state index contributed by atoms with van der Waals surface area (Å²) in [7, 11) is -2.95. The first kappa shape index (κ1) is 20.9. The number of fused-ring (bicyclic) bond motifs is 1. The molecule has 1 heterocycles. The van der Waals surface area contributed by atoms with Crippen LogP contribution in [0.25, 0.3) is 11.0 Å². The number of Topliss-reactive ketones (excluding diaryl/α,β-unsaturated/α-hetero) is 1. The van der Waals surface area contributed by atoms with Crippen LogP contribution in [0.5, 0.6) is 5.75 Å². The third kappa shape index (κ3) is 4.14. The Morgan fingerprint density at radius 1 is 1.33 bits per heavy atom. The van der Waals surface area contributed by atoms with Gasteiger partial charge in [-0.1, -0.05) is 13.3 Å². The number of carboxylic acids is 1. The van der Waals surface area contributed by atoms with Crippen molar-refractivity contribution in [1.82, 2.24) is 4.31 Å². The average Bonchev–Trinajstić information content (AvgIpc) is 3.06. The predicted molar refractivity (Wildman–Crippen MR) is 98.7 cm³/mol. The fraction of sp³-hybridized carbons (Fsp3) is 0.444. The number of unbranched alkanes of at least 4 members (excludes halogenated alkanes) is 1. The van der Waals surface area contributed by atoms with Gasteiger partial charge in [-0.2, -0.15) is 4.31 Å². The number of carbonyl (C=O) groups excluding carboxylic acids is 1. The molecule has 9 heteroatoms. The third-order valence-electron chi connectivity index (χ3n) is 4.27. The van der Waals surface area contributed by atoms with Gasteiger partial charge in [-0.3, -0.25) is 9.59 Å². The topological polar surface area (TPSA) is 114 Å². The van der Waals surface area contributed by atoms with E-state index in [4.69, 9.17) is 14.3 Å². The fourth-order valence-corrected chi connectivity index (χ4v) is 3.92. The van der Waals surface area contributed by atoms with Crippen LogP contribution in [-0.2, 0) is 14.8 Å². The lowest BCUT2D eigenvalue weighted by Gasteiger charge is -2.21. The number of aliphatic carboxylic acids is 1. The second-order valence-corrected chi connectivity index (χ2v) is 8.17. The van der Waals surface area contributed by atoms with E-state index in [-0.39, 0.29) is 27.4 Å². The van der Waals surface area contributed by atoms with Gasteiger partial charge in [0, 0.05) is 19.4 Å². The molecule has 2 aromatic rings. The van der Waals surface area contributed by atoms with Gasteiger partial charge in [0.1, 0.15) is 6.04 Å². The van der Waals surface area contributed by atoms with Crippen molar-refractivity contribution in [2.24, 2.45) is 0 Å². The summed E-state index contributed by atoms with van der Waals surface area (Å²) in [4.78, 5) is 22.7. The van der Waals surface area contributed by atoms with Gasteiger partial charge in [0.15, 0.2) is 22.9 Å². The predicted octanol–water partition coefficient (Wildman–Crippen LogP) is 2.91. The smallest absolute Gasteiger partial charge is 0.321 e. The van der Waals surface area contributed by atoms with E-state index in [1.165, 1.54) is 39.1 Å². The number of carboxylic acid groups (broad SMARTS) is 1. The van der Waals surface area contributed by atoms with Crippen molar-refractivity contribution in [3.63, 3.8) is 0 Å². The molecule has 0 saturated heterocycles. The van der Waals surface area contributed by atoms with Crippen molar-refractivity contribution in [2.75, 3.05) is 13.7 Å². The lowest BCUT2D eigenvalue weighted by molar-refractivity contribution is -0.140. The average molecular weight is 397 g/mol. The van der Waals surface area contributed by atoms with E-state index in [2.05, 4.69) is 0 Å². The summed E-state index contributed by atoms with van der Waals surface area (Å²) in [6.07, 6.45) is 1.73. The second kappa shape index (κ2) is 8.10. The number of nitrogens with zero attached hydrogens (tertiary/aromatic N) is 1. The van der Waals surface area contributed by atoms with E-state index < -0.39 is 22.0 Å². The van der Waals surface area contributed by atoms with Crippen LogP contribution in [0.3, 0.4) is 0 Å². The van der Waals surface area contributed by atoms with Crippen LogP contribution in [0.15, 0.2) is 27.5 Å². The highest BCUT2D eigenvalue weighted by Gasteiger charge is 2.32. The number of ketones is 1. The molecule has 1 aromatic heterocycles. The van der Waals surface area contributed by atoms with Crippen molar-refractivity contribution in [1.29, 1.82) is 0 Å². The molecule has 0 saturated carbocycles. The molecule has 0 radical (unpaired) electrons. The van der Waals surface area contributed by atoms with Gasteiger partial charge in [0.2, 0.25) is 10.0 Å². The Kier molecular flexibility index (Phi) is 6.27. The van der Waals surface area contributed by atoms with Crippen LogP contribution in [0.1, 0.15) is 44.2 Å². The fourth-order valence-electron chi connectivity index (χ4n) is 2.43. The van der Waals surface area contributed by atoms with E-state index >= 15 is 0 Å². The Hall–Kier alpha value is -2.39. The summed E-state index contributed by atoms with van der Waals surface area (Å²) in [5.74, 6) is -1.30. The maximum atomic E-state index is 12.9. The monoisotopic (exact) mass is 397 g/mol. The minimum Gasteiger partial charge on any atom is -0.490 e. The first-order valence-electron chi connectivity index (χ1n) is 8.52. The van der Waals surface area contributed by atoms with Gasteiger partial charge in [-0.25, -0.2) is 8.42 Å². The van der Waals surface area contributed by atoms with Gasteiger partial charge in [-0.15, -0.1) is 0 Å². The van der Waals surface area contributed by atoms with E-state index in [0.29, 0.717) is 12.4 Å². The molecule has 0 fully saturated rings. The van der Waals surface area contributed by atoms with Crippen LogP contribution < -0.4 is 4.74 Å². The van der Waals surface area contributed by atoms with E-state index in [1.54, 1.807) is 0 Å². The summed E-state index contributed by atoms with van der Waals surface area (Å²) >= 11 is 0. The number of sulfonamides is 1. The second-order valence-electron chi connectivity index (χ2n) is 6.21. The molecule has 148 valence electrons. The molecule has 0 aliphatic carbocycles. The molecular weight excluding hydrogens is 374 g/mol. The molecule has 27 heavy (non-hydrogen) atoms. The molecule has 8 nitrogen and oxygen atoms in total.